The largest absolute Gasteiger partial charge is 0.490 e. The lowest BCUT2D eigenvalue weighted by Gasteiger charge is -2.34. The summed E-state index contributed by atoms with van der Waals surface area (Å²) in [5.41, 5.74) is 2.22. The molecule has 0 unspecified atom stereocenters. The van der Waals surface area contributed by atoms with E-state index in [1.54, 1.807) is 0 Å². The van der Waals surface area contributed by atoms with Crippen LogP contribution in [0.5, 0.6) is 5.75 Å². The zero-order valence-electron chi connectivity index (χ0n) is 17.3. The first kappa shape index (κ1) is 20.2. The van der Waals surface area contributed by atoms with Gasteiger partial charge in [-0.15, -0.1) is 0 Å². The molecule has 0 saturated carbocycles. The molecule has 0 radical (unpaired) electrons. The number of nitrogens with zero attached hydrogens (tertiary/aromatic N) is 3. The third kappa shape index (κ3) is 5.50. The minimum atomic E-state index is 0.279. The molecule has 2 heterocycles. The SMILES string of the molecule is CCNC(=NCCCc1c(C)noc1C)N1CCC(Oc2ccccc2)CC1. The number of benzene rings is 1. The van der Waals surface area contributed by atoms with E-state index in [4.69, 9.17) is 14.3 Å². The topological polar surface area (TPSA) is 62.9 Å². The van der Waals surface area contributed by atoms with Gasteiger partial charge in [0.2, 0.25) is 0 Å². The molecule has 6 heteroatoms. The van der Waals surface area contributed by atoms with Crippen molar-refractivity contribution >= 4 is 5.96 Å². The fourth-order valence-electron chi connectivity index (χ4n) is 3.60. The van der Waals surface area contributed by atoms with Crippen LogP contribution in [0.4, 0.5) is 0 Å². The molecule has 1 saturated heterocycles. The van der Waals surface area contributed by atoms with Crippen LogP contribution < -0.4 is 10.1 Å². The molecule has 2 aromatic rings. The van der Waals surface area contributed by atoms with Crippen molar-refractivity contribution in [3.63, 3.8) is 0 Å². The predicted octanol–water partition coefficient (Wildman–Crippen LogP) is 3.73. The van der Waals surface area contributed by atoms with Gasteiger partial charge >= 0.3 is 0 Å². The minimum absolute atomic E-state index is 0.279. The first-order valence-corrected chi connectivity index (χ1v) is 10.3. The summed E-state index contributed by atoms with van der Waals surface area (Å²) < 4.78 is 11.3. The number of ether oxygens (including phenoxy) is 1. The molecule has 1 aromatic heterocycles. The van der Waals surface area contributed by atoms with Gasteiger partial charge in [-0.1, -0.05) is 23.4 Å². The minimum Gasteiger partial charge on any atom is -0.490 e. The Bertz CT molecular complexity index is 730. The molecule has 6 nitrogen and oxygen atoms in total. The molecule has 1 aromatic carbocycles. The lowest BCUT2D eigenvalue weighted by atomic mass is 10.1. The van der Waals surface area contributed by atoms with Crippen molar-refractivity contribution in [2.75, 3.05) is 26.2 Å². The van der Waals surface area contributed by atoms with Gasteiger partial charge in [0.1, 0.15) is 17.6 Å². The fraction of sp³-hybridized carbons (Fsp3) is 0.545. The van der Waals surface area contributed by atoms with Crippen LogP contribution in [0, 0.1) is 13.8 Å². The molecule has 1 aliphatic heterocycles. The third-order valence-electron chi connectivity index (χ3n) is 5.15. The molecule has 0 atom stereocenters. The summed E-state index contributed by atoms with van der Waals surface area (Å²) in [5.74, 6) is 2.90. The van der Waals surface area contributed by atoms with Crippen LogP contribution in [-0.4, -0.2) is 48.3 Å². The van der Waals surface area contributed by atoms with E-state index in [1.807, 2.05) is 44.2 Å². The van der Waals surface area contributed by atoms with E-state index < -0.39 is 0 Å². The smallest absolute Gasteiger partial charge is 0.193 e. The standard InChI is InChI=1S/C22H32N4O2/c1-4-23-22(24-14-8-11-21-17(2)25-28-18(21)3)26-15-12-20(13-16-26)27-19-9-6-5-7-10-19/h5-7,9-10,20H,4,8,11-16H2,1-3H3,(H,23,24). The molecule has 1 N–H and O–H groups in total. The van der Waals surface area contributed by atoms with Crippen LogP contribution in [0.3, 0.4) is 0 Å². The van der Waals surface area contributed by atoms with E-state index in [0.717, 1.165) is 75.0 Å². The Kier molecular flexibility index (Phi) is 7.34. The molecule has 1 aliphatic rings. The molecule has 0 spiro atoms. The van der Waals surface area contributed by atoms with E-state index in [1.165, 1.54) is 5.56 Å². The van der Waals surface area contributed by atoms with E-state index in [9.17, 15) is 0 Å². The number of aromatic nitrogens is 1. The number of hydrogen-bond donors (Lipinski definition) is 1. The van der Waals surface area contributed by atoms with Gasteiger partial charge in [0, 0.05) is 44.6 Å². The molecule has 1 fully saturated rings. The van der Waals surface area contributed by atoms with Gasteiger partial charge in [-0.05, 0) is 45.7 Å². The Morgan fingerprint density at radius 2 is 2.00 bits per heavy atom. The lowest BCUT2D eigenvalue weighted by molar-refractivity contribution is 0.129. The number of piperidine rings is 1. The van der Waals surface area contributed by atoms with Crippen LogP contribution in [0.2, 0.25) is 0 Å². The van der Waals surface area contributed by atoms with Gasteiger partial charge in [-0.2, -0.15) is 0 Å². The summed E-state index contributed by atoms with van der Waals surface area (Å²) in [7, 11) is 0. The number of guanidine groups is 1. The monoisotopic (exact) mass is 384 g/mol. The van der Waals surface area contributed by atoms with E-state index in [-0.39, 0.29) is 6.10 Å². The maximum atomic E-state index is 6.10. The number of rotatable bonds is 7. The molecular weight excluding hydrogens is 352 g/mol. The highest BCUT2D eigenvalue weighted by molar-refractivity contribution is 5.80. The summed E-state index contributed by atoms with van der Waals surface area (Å²) in [6.07, 6.45) is 4.25. The summed E-state index contributed by atoms with van der Waals surface area (Å²) in [6.45, 7) is 9.70. The van der Waals surface area contributed by atoms with Crippen molar-refractivity contribution in [1.82, 2.24) is 15.4 Å². The number of hydrogen-bond acceptors (Lipinski definition) is 4. The first-order valence-electron chi connectivity index (χ1n) is 10.3. The molecule has 0 amide bonds. The Labute approximate surface area is 168 Å². The normalized spacial score (nSPS) is 15.7. The molecule has 3 rings (SSSR count). The van der Waals surface area contributed by atoms with Crippen LogP contribution in [-0.2, 0) is 6.42 Å². The van der Waals surface area contributed by atoms with Gasteiger partial charge in [0.15, 0.2) is 5.96 Å². The van der Waals surface area contributed by atoms with Gasteiger partial charge < -0.3 is 19.5 Å². The van der Waals surface area contributed by atoms with Gasteiger partial charge in [-0.25, -0.2) is 0 Å². The number of nitrogens with one attached hydrogen (secondary N) is 1. The fourth-order valence-corrected chi connectivity index (χ4v) is 3.60. The average molecular weight is 385 g/mol. The van der Waals surface area contributed by atoms with Crippen molar-refractivity contribution in [2.45, 2.75) is 52.6 Å². The quantitative estimate of drug-likeness (QED) is 0.448. The zero-order valence-corrected chi connectivity index (χ0v) is 17.3. The van der Waals surface area contributed by atoms with Crippen LogP contribution >= 0.6 is 0 Å². The van der Waals surface area contributed by atoms with Gasteiger partial charge in [-0.3, -0.25) is 4.99 Å². The Balaban J connectivity index is 1.47. The second-order valence-electron chi connectivity index (χ2n) is 7.26. The third-order valence-corrected chi connectivity index (χ3v) is 5.15. The molecule has 0 aliphatic carbocycles. The number of aryl methyl sites for hydroxylation is 2. The van der Waals surface area contributed by atoms with Crippen molar-refractivity contribution in [3.05, 3.63) is 47.3 Å². The van der Waals surface area contributed by atoms with Crippen molar-refractivity contribution in [1.29, 1.82) is 0 Å². The van der Waals surface area contributed by atoms with Gasteiger partial charge in [0.05, 0.1) is 5.69 Å². The average Bonchev–Trinajstić information content (AvgIpc) is 3.03. The highest BCUT2D eigenvalue weighted by Gasteiger charge is 2.22. The van der Waals surface area contributed by atoms with Gasteiger partial charge in [0.25, 0.3) is 0 Å². The summed E-state index contributed by atoms with van der Waals surface area (Å²) >= 11 is 0. The van der Waals surface area contributed by atoms with Crippen molar-refractivity contribution in [2.24, 2.45) is 4.99 Å². The number of aliphatic imine (C=N–C) groups is 1. The van der Waals surface area contributed by atoms with E-state index in [2.05, 4.69) is 22.3 Å². The maximum absolute atomic E-state index is 6.10. The van der Waals surface area contributed by atoms with Crippen molar-refractivity contribution in [3.8, 4) is 5.75 Å². The summed E-state index contributed by atoms with van der Waals surface area (Å²) in [6, 6.07) is 10.1. The summed E-state index contributed by atoms with van der Waals surface area (Å²) in [4.78, 5) is 7.20. The van der Waals surface area contributed by atoms with Crippen molar-refractivity contribution < 1.29 is 9.26 Å². The van der Waals surface area contributed by atoms with Crippen LogP contribution in [0.15, 0.2) is 39.8 Å². The number of para-hydroxylation sites is 1. The Morgan fingerprint density at radius 1 is 1.25 bits per heavy atom. The van der Waals surface area contributed by atoms with Crippen LogP contribution in [0.25, 0.3) is 0 Å². The zero-order chi connectivity index (χ0) is 19.8. The van der Waals surface area contributed by atoms with Crippen LogP contribution in [0.1, 0.15) is 43.2 Å². The number of likely N-dealkylation sites (tertiary alicyclic amines) is 1. The Hall–Kier alpha value is -2.50. The lowest BCUT2D eigenvalue weighted by Crippen LogP contribution is -2.47. The Morgan fingerprint density at radius 3 is 2.64 bits per heavy atom. The second kappa shape index (κ2) is 10.2. The second-order valence-corrected chi connectivity index (χ2v) is 7.26. The van der Waals surface area contributed by atoms with E-state index >= 15 is 0 Å². The molecule has 152 valence electrons. The first-order chi connectivity index (χ1) is 13.7. The highest BCUT2D eigenvalue weighted by Crippen LogP contribution is 2.19. The maximum Gasteiger partial charge on any atom is 0.193 e. The molecular formula is C22H32N4O2. The molecule has 28 heavy (non-hydrogen) atoms. The predicted molar refractivity (Wildman–Crippen MR) is 112 cm³/mol. The van der Waals surface area contributed by atoms with E-state index in [0.29, 0.717) is 0 Å². The summed E-state index contributed by atoms with van der Waals surface area (Å²) in [5, 5.41) is 7.46. The molecule has 0 bridgehead atoms. The highest BCUT2D eigenvalue weighted by atomic mass is 16.5.